The maximum absolute atomic E-state index is 12.5. The van der Waals surface area contributed by atoms with Gasteiger partial charge in [0, 0.05) is 12.8 Å². The number of likely N-dealkylation sites (tertiary alicyclic amines) is 1. The molecule has 0 saturated carbocycles. The van der Waals surface area contributed by atoms with E-state index in [4.69, 9.17) is 4.74 Å². The summed E-state index contributed by atoms with van der Waals surface area (Å²) < 4.78 is 29.2. The van der Waals surface area contributed by atoms with Gasteiger partial charge in [0.25, 0.3) is 5.91 Å². The Morgan fingerprint density at radius 1 is 1.04 bits per heavy atom. The molecule has 0 radical (unpaired) electrons. The number of hydrogen-bond donors (Lipinski definition) is 0. The SMILES string of the molecule is CCCN1C(=O)[C@@H](Oc2ccccc2)[C@H]1c1ccc(S(C)(=O)=O)cc1. The highest BCUT2D eigenvalue weighted by Gasteiger charge is 2.49. The molecule has 1 saturated heterocycles. The Kier molecular flexibility index (Phi) is 4.81. The van der Waals surface area contributed by atoms with E-state index in [2.05, 4.69) is 0 Å². The van der Waals surface area contributed by atoms with Crippen LogP contribution in [-0.2, 0) is 14.6 Å². The predicted octanol–water partition coefficient (Wildman–Crippen LogP) is 2.83. The van der Waals surface area contributed by atoms with Crippen LogP contribution in [-0.4, -0.2) is 38.1 Å². The molecule has 25 heavy (non-hydrogen) atoms. The number of hydrogen-bond acceptors (Lipinski definition) is 4. The van der Waals surface area contributed by atoms with Gasteiger partial charge in [-0.25, -0.2) is 8.42 Å². The van der Waals surface area contributed by atoms with Gasteiger partial charge in [-0.2, -0.15) is 0 Å². The molecule has 1 aliphatic heterocycles. The molecule has 2 aromatic carbocycles. The minimum Gasteiger partial charge on any atom is -0.478 e. The fraction of sp³-hybridized carbons (Fsp3) is 0.316. The Hall–Kier alpha value is -2.34. The van der Waals surface area contributed by atoms with Crippen molar-refractivity contribution < 1.29 is 17.9 Å². The minimum absolute atomic E-state index is 0.0390. The van der Waals surface area contributed by atoms with Crippen LogP contribution >= 0.6 is 0 Å². The molecule has 2 atom stereocenters. The van der Waals surface area contributed by atoms with Crippen LogP contribution < -0.4 is 4.74 Å². The lowest BCUT2D eigenvalue weighted by molar-refractivity contribution is -0.164. The molecule has 1 amide bonds. The maximum Gasteiger partial charge on any atom is 0.266 e. The van der Waals surface area contributed by atoms with E-state index in [0.717, 1.165) is 12.0 Å². The molecule has 0 aromatic heterocycles. The van der Waals surface area contributed by atoms with Crippen molar-refractivity contribution in [2.24, 2.45) is 0 Å². The smallest absolute Gasteiger partial charge is 0.266 e. The van der Waals surface area contributed by atoms with Crippen molar-refractivity contribution in [1.82, 2.24) is 4.90 Å². The second-order valence-electron chi connectivity index (χ2n) is 6.17. The van der Waals surface area contributed by atoms with Crippen LogP contribution in [0.25, 0.3) is 0 Å². The van der Waals surface area contributed by atoms with Crippen molar-refractivity contribution in [3.63, 3.8) is 0 Å². The standard InChI is InChI=1S/C19H21NO4S/c1-3-13-20-17(14-9-11-16(12-10-14)25(2,22)23)18(19(20)21)24-15-7-5-4-6-8-15/h4-12,17-18H,3,13H2,1-2H3/t17-,18+/m1/s1. The van der Waals surface area contributed by atoms with E-state index in [1.54, 1.807) is 29.2 Å². The van der Waals surface area contributed by atoms with Crippen LogP contribution in [0.4, 0.5) is 0 Å². The van der Waals surface area contributed by atoms with E-state index in [1.165, 1.54) is 6.26 Å². The number of amides is 1. The van der Waals surface area contributed by atoms with E-state index in [9.17, 15) is 13.2 Å². The second-order valence-corrected chi connectivity index (χ2v) is 8.18. The quantitative estimate of drug-likeness (QED) is 0.744. The van der Waals surface area contributed by atoms with Gasteiger partial charge in [-0.05, 0) is 36.2 Å². The van der Waals surface area contributed by atoms with E-state index in [1.807, 2.05) is 37.3 Å². The summed E-state index contributed by atoms with van der Waals surface area (Å²) in [6.45, 7) is 2.66. The molecule has 2 aromatic rings. The number of nitrogens with zero attached hydrogens (tertiary/aromatic N) is 1. The lowest BCUT2D eigenvalue weighted by Crippen LogP contribution is -2.61. The van der Waals surface area contributed by atoms with Crippen LogP contribution in [0.5, 0.6) is 5.75 Å². The summed E-state index contributed by atoms with van der Waals surface area (Å²) in [5.74, 6) is 0.609. The Morgan fingerprint density at radius 3 is 2.24 bits per heavy atom. The first-order valence-corrected chi connectivity index (χ1v) is 10.1. The van der Waals surface area contributed by atoms with Crippen molar-refractivity contribution in [2.45, 2.75) is 30.4 Å². The highest BCUT2D eigenvalue weighted by atomic mass is 32.2. The number of para-hydroxylation sites is 1. The topological polar surface area (TPSA) is 63.7 Å². The summed E-state index contributed by atoms with van der Waals surface area (Å²) in [6.07, 6.45) is 1.44. The van der Waals surface area contributed by atoms with Crippen LogP contribution in [0.3, 0.4) is 0 Å². The average molecular weight is 359 g/mol. The van der Waals surface area contributed by atoms with Gasteiger partial charge < -0.3 is 9.64 Å². The monoisotopic (exact) mass is 359 g/mol. The molecule has 6 heteroatoms. The molecule has 0 N–H and O–H groups in total. The van der Waals surface area contributed by atoms with Crippen molar-refractivity contribution in [1.29, 1.82) is 0 Å². The van der Waals surface area contributed by atoms with Gasteiger partial charge in [-0.15, -0.1) is 0 Å². The zero-order valence-electron chi connectivity index (χ0n) is 14.3. The van der Waals surface area contributed by atoms with E-state index in [0.29, 0.717) is 12.3 Å². The number of β-lactam (4-membered cyclic amide) rings is 1. The first-order chi connectivity index (χ1) is 11.9. The number of sulfone groups is 1. The van der Waals surface area contributed by atoms with Crippen molar-refractivity contribution in [3.05, 3.63) is 60.2 Å². The summed E-state index contributed by atoms with van der Waals surface area (Å²) in [5, 5.41) is 0. The normalized spacial score (nSPS) is 20.2. The number of ether oxygens (including phenoxy) is 1. The summed E-state index contributed by atoms with van der Waals surface area (Å²) >= 11 is 0. The molecule has 0 spiro atoms. The highest BCUT2D eigenvalue weighted by Crippen LogP contribution is 2.38. The van der Waals surface area contributed by atoms with Crippen LogP contribution in [0.2, 0.25) is 0 Å². The molecule has 132 valence electrons. The lowest BCUT2D eigenvalue weighted by atomic mass is 9.90. The molecule has 5 nitrogen and oxygen atoms in total. The average Bonchev–Trinajstić information content (AvgIpc) is 2.60. The third kappa shape index (κ3) is 3.54. The molecule has 1 aliphatic rings. The third-order valence-corrected chi connectivity index (χ3v) is 5.40. The third-order valence-electron chi connectivity index (χ3n) is 4.27. The van der Waals surface area contributed by atoms with Crippen molar-refractivity contribution in [2.75, 3.05) is 12.8 Å². The Labute approximate surface area is 148 Å². The highest BCUT2D eigenvalue weighted by molar-refractivity contribution is 7.90. The Morgan fingerprint density at radius 2 is 1.68 bits per heavy atom. The molecule has 0 aliphatic carbocycles. The summed E-state index contributed by atoms with van der Waals surface area (Å²) in [5.41, 5.74) is 0.876. The minimum atomic E-state index is -3.24. The molecular formula is C19H21NO4S. The summed E-state index contributed by atoms with van der Waals surface area (Å²) in [7, 11) is -3.24. The van der Waals surface area contributed by atoms with Gasteiger partial charge in [-0.3, -0.25) is 4.79 Å². The van der Waals surface area contributed by atoms with Crippen LogP contribution in [0, 0.1) is 0 Å². The Balaban J connectivity index is 1.87. The zero-order valence-corrected chi connectivity index (χ0v) is 15.1. The van der Waals surface area contributed by atoms with Crippen molar-refractivity contribution in [3.8, 4) is 5.75 Å². The molecule has 0 bridgehead atoms. The molecule has 0 unspecified atom stereocenters. The van der Waals surface area contributed by atoms with Gasteiger partial charge in [-0.1, -0.05) is 37.3 Å². The van der Waals surface area contributed by atoms with Gasteiger partial charge in [0.1, 0.15) is 11.8 Å². The maximum atomic E-state index is 12.5. The predicted molar refractivity (Wildman–Crippen MR) is 95.2 cm³/mol. The summed E-state index contributed by atoms with van der Waals surface area (Å²) in [4.78, 5) is 14.5. The Bertz CT molecular complexity index is 847. The number of rotatable bonds is 6. The van der Waals surface area contributed by atoms with Gasteiger partial charge >= 0.3 is 0 Å². The van der Waals surface area contributed by atoms with E-state index in [-0.39, 0.29) is 16.8 Å². The summed E-state index contributed by atoms with van der Waals surface area (Å²) in [6, 6.07) is 15.7. The van der Waals surface area contributed by atoms with Crippen LogP contribution in [0.1, 0.15) is 24.9 Å². The first-order valence-electron chi connectivity index (χ1n) is 8.24. The van der Waals surface area contributed by atoms with Crippen LogP contribution in [0.15, 0.2) is 59.5 Å². The first kappa shape index (κ1) is 17.5. The van der Waals surface area contributed by atoms with Crippen molar-refractivity contribution >= 4 is 15.7 Å². The lowest BCUT2D eigenvalue weighted by Gasteiger charge is -2.46. The molecular weight excluding hydrogens is 338 g/mol. The fourth-order valence-electron chi connectivity index (χ4n) is 3.03. The van der Waals surface area contributed by atoms with E-state index < -0.39 is 15.9 Å². The molecule has 1 heterocycles. The second kappa shape index (κ2) is 6.88. The molecule has 3 rings (SSSR count). The largest absolute Gasteiger partial charge is 0.478 e. The molecule has 1 fully saturated rings. The zero-order chi connectivity index (χ0) is 18.0. The fourth-order valence-corrected chi connectivity index (χ4v) is 3.66. The van der Waals surface area contributed by atoms with Gasteiger partial charge in [0.2, 0.25) is 6.10 Å². The van der Waals surface area contributed by atoms with Gasteiger partial charge in [0.15, 0.2) is 9.84 Å². The number of carbonyl (C=O) groups excluding carboxylic acids is 1. The number of benzene rings is 2. The van der Waals surface area contributed by atoms with E-state index >= 15 is 0 Å². The number of carbonyl (C=O) groups is 1. The van der Waals surface area contributed by atoms with Gasteiger partial charge in [0.05, 0.1) is 4.90 Å².